The van der Waals surface area contributed by atoms with E-state index in [2.05, 4.69) is 0 Å². The third-order valence-corrected chi connectivity index (χ3v) is 6.56. The number of methoxy groups -OCH3 is 1. The SMILES string of the molecule is COC1CCC2(CC1)C(OC(=O)C1CC1)=C(c1c(C)cccc1C)C(=O)N2OC. The van der Waals surface area contributed by atoms with Crippen molar-refractivity contribution in [3.05, 3.63) is 40.6 Å². The van der Waals surface area contributed by atoms with Gasteiger partial charge in [0, 0.05) is 7.11 Å². The molecule has 6 nitrogen and oxygen atoms in total. The van der Waals surface area contributed by atoms with Crippen LogP contribution < -0.4 is 0 Å². The summed E-state index contributed by atoms with van der Waals surface area (Å²) in [6.07, 6.45) is 4.65. The molecular formula is C23H29NO5. The van der Waals surface area contributed by atoms with Crippen molar-refractivity contribution in [2.75, 3.05) is 14.2 Å². The quantitative estimate of drug-likeness (QED) is 0.707. The monoisotopic (exact) mass is 399 g/mol. The average molecular weight is 399 g/mol. The molecule has 0 unspecified atom stereocenters. The molecule has 1 aliphatic heterocycles. The number of benzene rings is 1. The number of nitrogens with zero attached hydrogens (tertiary/aromatic N) is 1. The largest absolute Gasteiger partial charge is 0.427 e. The predicted molar refractivity (Wildman–Crippen MR) is 108 cm³/mol. The molecule has 3 aliphatic rings. The molecule has 0 bridgehead atoms. The van der Waals surface area contributed by atoms with Crippen LogP contribution in [0.2, 0.25) is 0 Å². The number of hydroxylamine groups is 2. The van der Waals surface area contributed by atoms with Crippen LogP contribution in [0.4, 0.5) is 0 Å². The Bertz CT molecular complexity index is 842. The summed E-state index contributed by atoms with van der Waals surface area (Å²) in [6.45, 7) is 3.96. The van der Waals surface area contributed by atoms with Crippen molar-refractivity contribution in [2.24, 2.45) is 5.92 Å². The fraction of sp³-hybridized carbons (Fsp3) is 0.565. The van der Waals surface area contributed by atoms with E-state index in [0.717, 1.165) is 42.4 Å². The van der Waals surface area contributed by atoms with Crippen LogP contribution in [-0.4, -0.2) is 42.8 Å². The minimum atomic E-state index is -0.768. The van der Waals surface area contributed by atoms with Crippen molar-refractivity contribution in [2.45, 2.75) is 64.0 Å². The highest BCUT2D eigenvalue weighted by Gasteiger charge is 2.57. The van der Waals surface area contributed by atoms with Gasteiger partial charge in [0.1, 0.15) is 11.3 Å². The molecule has 0 saturated heterocycles. The molecule has 29 heavy (non-hydrogen) atoms. The maximum atomic E-state index is 13.6. The zero-order chi connectivity index (χ0) is 20.8. The summed E-state index contributed by atoms with van der Waals surface area (Å²) in [7, 11) is 3.22. The standard InChI is InChI=1S/C23H29NO5/c1-14-6-5-7-15(2)18(14)19-20(29-22(26)16-8-9-16)23(24(28-4)21(19)25)12-10-17(27-3)11-13-23/h5-7,16-17H,8-13H2,1-4H3. The van der Waals surface area contributed by atoms with Crippen LogP contribution >= 0.6 is 0 Å². The lowest BCUT2D eigenvalue weighted by atomic mass is 9.78. The van der Waals surface area contributed by atoms with Gasteiger partial charge in [-0.25, -0.2) is 5.06 Å². The van der Waals surface area contributed by atoms with Crippen molar-refractivity contribution in [1.29, 1.82) is 0 Å². The lowest BCUT2D eigenvalue weighted by Crippen LogP contribution is -2.51. The molecule has 2 fully saturated rings. The van der Waals surface area contributed by atoms with E-state index >= 15 is 0 Å². The zero-order valence-corrected chi connectivity index (χ0v) is 17.6. The van der Waals surface area contributed by atoms with Gasteiger partial charge >= 0.3 is 5.97 Å². The van der Waals surface area contributed by atoms with Gasteiger partial charge in [-0.05, 0) is 69.1 Å². The Labute approximate surface area is 171 Å². The minimum Gasteiger partial charge on any atom is -0.427 e. The summed E-state index contributed by atoms with van der Waals surface area (Å²) in [4.78, 5) is 31.9. The van der Waals surface area contributed by atoms with Gasteiger partial charge in [-0.15, -0.1) is 0 Å². The molecule has 0 radical (unpaired) electrons. The Balaban J connectivity index is 1.87. The summed E-state index contributed by atoms with van der Waals surface area (Å²) in [6, 6.07) is 5.93. The average Bonchev–Trinajstić information content (AvgIpc) is 3.53. The second-order valence-corrected chi connectivity index (χ2v) is 8.42. The Morgan fingerprint density at radius 3 is 2.21 bits per heavy atom. The zero-order valence-electron chi connectivity index (χ0n) is 17.6. The fourth-order valence-electron chi connectivity index (χ4n) is 4.79. The first-order valence-electron chi connectivity index (χ1n) is 10.4. The third-order valence-electron chi connectivity index (χ3n) is 6.56. The summed E-state index contributed by atoms with van der Waals surface area (Å²) in [5.41, 5.74) is 2.49. The highest BCUT2D eigenvalue weighted by molar-refractivity contribution is 6.23. The van der Waals surface area contributed by atoms with Crippen molar-refractivity contribution < 1.29 is 23.9 Å². The van der Waals surface area contributed by atoms with Gasteiger partial charge in [0.25, 0.3) is 5.91 Å². The Morgan fingerprint density at radius 1 is 1.07 bits per heavy atom. The third kappa shape index (κ3) is 3.28. The van der Waals surface area contributed by atoms with Gasteiger partial charge in [-0.3, -0.25) is 14.4 Å². The van der Waals surface area contributed by atoms with Crippen LogP contribution in [0.15, 0.2) is 24.0 Å². The number of esters is 1. The number of ether oxygens (including phenoxy) is 2. The van der Waals surface area contributed by atoms with Crippen LogP contribution in [0.5, 0.6) is 0 Å². The molecule has 1 aromatic rings. The van der Waals surface area contributed by atoms with E-state index in [0.29, 0.717) is 24.2 Å². The van der Waals surface area contributed by atoms with Gasteiger partial charge < -0.3 is 9.47 Å². The molecule has 156 valence electrons. The lowest BCUT2D eigenvalue weighted by molar-refractivity contribution is -0.205. The molecule has 1 amide bonds. The van der Waals surface area contributed by atoms with E-state index in [4.69, 9.17) is 14.3 Å². The summed E-state index contributed by atoms with van der Waals surface area (Å²) >= 11 is 0. The van der Waals surface area contributed by atoms with E-state index in [9.17, 15) is 9.59 Å². The molecule has 0 atom stereocenters. The number of carbonyl (C=O) groups is 2. The molecule has 1 heterocycles. The minimum absolute atomic E-state index is 0.0548. The Hall–Kier alpha value is -2.18. The van der Waals surface area contributed by atoms with Gasteiger partial charge in [0.15, 0.2) is 0 Å². The molecule has 0 aromatic heterocycles. The first-order valence-corrected chi connectivity index (χ1v) is 10.4. The molecule has 0 N–H and O–H groups in total. The number of hydrogen-bond donors (Lipinski definition) is 0. The smallest absolute Gasteiger partial charge is 0.314 e. The van der Waals surface area contributed by atoms with Crippen LogP contribution in [0, 0.1) is 19.8 Å². The van der Waals surface area contributed by atoms with Gasteiger partial charge in [0.2, 0.25) is 0 Å². The van der Waals surface area contributed by atoms with Crippen molar-refractivity contribution in [1.82, 2.24) is 5.06 Å². The van der Waals surface area contributed by atoms with E-state index in [1.165, 1.54) is 12.2 Å². The highest BCUT2D eigenvalue weighted by atomic mass is 16.7. The number of aryl methyl sites for hydroxylation is 2. The maximum absolute atomic E-state index is 13.6. The number of carbonyl (C=O) groups excluding carboxylic acids is 2. The van der Waals surface area contributed by atoms with Crippen LogP contribution in [0.3, 0.4) is 0 Å². The summed E-state index contributed by atoms with van der Waals surface area (Å²) < 4.78 is 11.6. The van der Waals surface area contributed by atoms with Gasteiger partial charge in [-0.1, -0.05) is 18.2 Å². The van der Waals surface area contributed by atoms with Crippen LogP contribution in [-0.2, 0) is 23.9 Å². The molecule has 2 saturated carbocycles. The number of rotatable bonds is 5. The topological polar surface area (TPSA) is 65.1 Å². The molecule has 2 aliphatic carbocycles. The molecule has 4 rings (SSSR count). The van der Waals surface area contributed by atoms with E-state index in [1.807, 2.05) is 32.0 Å². The second-order valence-electron chi connectivity index (χ2n) is 8.42. The molecular weight excluding hydrogens is 370 g/mol. The van der Waals surface area contributed by atoms with Crippen molar-refractivity contribution in [3.63, 3.8) is 0 Å². The molecule has 1 aromatic carbocycles. The normalized spacial score (nSPS) is 27.1. The summed E-state index contributed by atoms with van der Waals surface area (Å²) in [5, 5.41) is 1.44. The van der Waals surface area contributed by atoms with Crippen LogP contribution in [0.1, 0.15) is 55.2 Å². The maximum Gasteiger partial charge on any atom is 0.314 e. The number of amides is 1. The Morgan fingerprint density at radius 2 is 1.69 bits per heavy atom. The summed E-state index contributed by atoms with van der Waals surface area (Å²) in [5.74, 6) is -0.0592. The van der Waals surface area contributed by atoms with Crippen molar-refractivity contribution >= 4 is 17.4 Å². The van der Waals surface area contributed by atoms with Crippen molar-refractivity contribution in [3.8, 4) is 0 Å². The highest BCUT2D eigenvalue weighted by Crippen LogP contribution is 2.50. The van der Waals surface area contributed by atoms with Gasteiger partial charge in [-0.2, -0.15) is 0 Å². The second kappa shape index (κ2) is 7.58. The first kappa shape index (κ1) is 20.1. The first-order chi connectivity index (χ1) is 13.9. The van der Waals surface area contributed by atoms with Crippen LogP contribution in [0.25, 0.3) is 5.57 Å². The van der Waals surface area contributed by atoms with E-state index < -0.39 is 5.54 Å². The molecule has 6 heteroatoms. The lowest BCUT2D eigenvalue weighted by Gasteiger charge is -2.42. The number of hydrogen-bond acceptors (Lipinski definition) is 5. The van der Waals surface area contributed by atoms with E-state index in [-0.39, 0.29) is 23.9 Å². The van der Waals surface area contributed by atoms with Gasteiger partial charge in [0.05, 0.1) is 24.7 Å². The Kier molecular flexibility index (Phi) is 5.25. The molecule has 1 spiro atoms. The fourth-order valence-corrected chi connectivity index (χ4v) is 4.79. The predicted octanol–water partition coefficient (Wildman–Crippen LogP) is 3.70. The van der Waals surface area contributed by atoms with E-state index in [1.54, 1.807) is 7.11 Å².